The smallest absolute Gasteiger partial charge is 0.155 e. The quantitative estimate of drug-likeness (QED) is 0.647. The Bertz CT molecular complexity index is 1090. The van der Waals surface area contributed by atoms with E-state index in [1.54, 1.807) is 12.1 Å². The molecule has 0 saturated heterocycles. The molecule has 0 radical (unpaired) electrons. The predicted octanol–water partition coefficient (Wildman–Crippen LogP) is 4.66. The van der Waals surface area contributed by atoms with Crippen molar-refractivity contribution in [3.8, 4) is 0 Å². The first-order valence-corrected chi connectivity index (χ1v) is 8.94. The average Bonchev–Trinajstić information content (AvgIpc) is 3.14. The molecule has 2 atom stereocenters. The number of hydrogen-bond acceptors (Lipinski definition) is 4. The minimum atomic E-state index is -1.62. The van der Waals surface area contributed by atoms with E-state index < -0.39 is 29.1 Å². The number of aliphatic hydroxyl groups is 1. The first-order chi connectivity index (χ1) is 13.9. The lowest BCUT2D eigenvalue weighted by molar-refractivity contribution is 0.0124. The molecule has 2 unspecified atom stereocenters. The number of aliphatic hydroxyl groups excluding tert-OH is 1. The van der Waals surface area contributed by atoms with Crippen LogP contribution in [0.4, 0.5) is 13.2 Å². The number of benzene rings is 2. The Hall–Kier alpha value is -2.87. The molecule has 0 saturated carbocycles. The summed E-state index contributed by atoms with van der Waals surface area (Å²) < 4.78 is 42.4. The molecule has 4 nitrogen and oxygen atoms in total. The van der Waals surface area contributed by atoms with Gasteiger partial charge in [-0.3, -0.25) is 4.98 Å². The standard InChI is InChI=1S/C21H14ClF3N2O2/c22-13-3-6-16(18(25)8-13)21(20(28)12-2-1-7-26-11-12)10-19(29-27-21)15-5-4-14(23)9-17(15)24/h1-11,20,27-28H. The van der Waals surface area contributed by atoms with Crippen molar-refractivity contribution >= 4 is 17.4 Å². The van der Waals surface area contributed by atoms with Crippen molar-refractivity contribution in [3.05, 3.63) is 106 Å². The number of pyridine rings is 1. The lowest BCUT2D eigenvalue weighted by Gasteiger charge is -2.32. The van der Waals surface area contributed by atoms with E-state index in [1.807, 2.05) is 0 Å². The maximum Gasteiger partial charge on any atom is 0.155 e. The molecule has 0 amide bonds. The topological polar surface area (TPSA) is 54.4 Å². The van der Waals surface area contributed by atoms with Gasteiger partial charge in [0.05, 0.1) is 5.56 Å². The van der Waals surface area contributed by atoms with E-state index in [-0.39, 0.29) is 21.9 Å². The highest BCUT2D eigenvalue weighted by atomic mass is 35.5. The molecular formula is C21H14ClF3N2O2. The summed E-state index contributed by atoms with van der Waals surface area (Å²) in [7, 11) is 0. The van der Waals surface area contributed by atoms with Crippen LogP contribution in [0.2, 0.25) is 5.02 Å². The molecule has 8 heteroatoms. The largest absolute Gasteiger partial charge is 0.407 e. The number of nitrogens with one attached hydrogen (secondary N) is 1. The molecule has 0 aliphatic carbocycles. The van der Waals surface area contributed by atoms with Crippen molar-refractivity contribution in [1.82, 2.24) is 10.5 Å². The number of halogens is 4. The number of rotatable bonds is 4. The molecule has 2 aromatic carbocycles. The second kappa shape index (κ2) is 7.51. The van der Waals surface area contributed by atoms with E-state index in [0.29, 0.717) is 11.6 Å². The van der Waals surface area contributed by atoms with Crippen LogP contribution in [0.25, 0.3) is 5.76 Å². The first kappa shape index (κ1) is 19.4. The van der Waals surface area contributed by atoms with Crippen molar-refractivity contribution in [2.24, 2.45) is 0 Å². The van der Waals surface area contributed by atoms with Gasteiger partial charge in [-0.2, -0.15) is 0 Å². The third-order valence-corrected chi connectivity index (χ3v) is 4.93. The summed E-state index contributed by atoms with van der Waals surface area (Å²) in [6.45, 7) is 0. The normalized spacial score (nSPS) is 19.6. The van der Waals surface area contributed by atoms with Gasteiger partial charge in [0.15, 0.2) is 5.76 Å². The van der Waals surface area contributed by atoms with Crippen LogP contribution in [-0.4, -0.2) is 10.1 Å². The van der Waals surface area contributed by atoms with Crippen LogP contribution in [0.5, 0.6) is 0 Å². The van der Waals surface area contributed by atoms with E-state index in [0.717, 1.165) is 12.1 Å². The SMILES string of the molecule is OC(c1cccnc1)C1(c2ccc(Cl)cc2F)C=C(c2ccc(F)cc2F)ON1. The molecule has 0 spiro atoms. The highest BCUT2D eigenvalue weighted by Gasteiger charge is 2.46. The maximum atomic E-state index is 14.8. The van der Waals surface area contributed by atoms with Gasteiger partial charge in [-0.05, 0) is 36.4 Å². The molecule has 148 valence electrons. The minimum absolute atomic E-state index is 0.0239. The van der Waals surface area contributed by atoms with Gasteiger partial charge in [0.25, 0.3) is 0 Å². The fourth-order valence-electron chi connectivity index (χ4n) is 3.27. The van der Waals surface area contributed by atoms with Crippen LogP contribution >= 0.6 is 11.6 Å². The second-order valence-electron chi connectivity index (χ2n) is 6.52. The van der Waals surface area contributed by atoms with Gasteiger partial charge < -0.3 is 9.94 Å². The lowest BCUT2D eigenvalue weighted by atomic mass is 9.81. The Balaban J connectivity index is 1.89. The number of nitrogens with zero attached hydrogens (tertiary/aromatic N) is 1. The zero-order valence-corrected chi connectivity index (χ0v) is 15.5. The number of hydroxylamine groups is 1. The van der Waals surface area contributed by atoms with Crippen molar-refractivity contribution < 1.29 is 23.1 Å². The fourth-order valence-corrected chi connectivity index (χ4v) is 3.43. The van der Waals surface area contributed by atoms with Gasteiger partial charge in [0.1, 0.15) is 29.1 Å². The van der Waals surface area contributed by atoms with Crippen molar-refractivity contribution in [2.45, 2.75) is 11.6 Å². The van der Waals surface area contributed by atoms with E-state index in [1.165, 1.54) is 36.7 Å². The Labute approximate surface area is 169 Å². The summed E-state index contributed by atoms with van der Waals surface area (Å²) >= 11 is 5.86. The third-order valence-electron chi connectivity index (χ3n) is 4.69. The Kier molecular flexibility index (Phi) is 5.04. The van der Waals surface area contributed by atoms with Gasteiger partial charge in [0, 0.05) is 34.6 Å². The van der Waals surface area contributed by atoms with Crippen molar-refractivity contribution in [3.63, 3.8) is 0 Å². The first-order valence-electron chi connectivity index (χ1n) is 8.56. The van der Waals surface area contributed by atoms with Crippen molar-refractivity contribution in [1.29, 1.82) is 0 Å². The molecule has 1 aliphatic heterocycles. The highest BCUT2D eigenvalue weighted by Crippen LogP contribution is 2.44. The predicted molar refractivity (Wildman–Crippen MR) is 101 cm³/mol. The molecule has 2 N–H and O–H groups in total. The molecule has 29 heavy (non-hydrogen) atoms. The van der Waals surface area contributed by atoms with E-state index in [2.05, 4.69) is 10.5 Å². The van der Waals surface area contributed by atoms with Crippen LogP contribution in [0, 0.1) is 17.5 Å². The van der Waals surface area contributed by atoms with E-state index >= 15 is 0 Å². The van der Waals surface area contributed by atoms with Gasteiger partial charge in [-0.1, -0.05) is 23.7 Å². The second-order valence-corrected chi connectivity index (χ2v) is 6.96. The van der Waals surface area contributed by atoms with Crippen LogP contribution in [0.15, 0.2) is 67.0 Å². The van der Waals surface area contributed by atoms with Gasteiger partial charge in [-0.15, -0.1) is 5.48 Å². The lowest BCUT2D eigenvalue weighted by Crippen LogP contribution is -2.43. The summed E-state index contributed by atoms with van der Waals surface area (Å²) in [6, 6.07) is 10.2. The Morgan fingerprint density at radius 2 is 1.90 bits per heavy atom. The number of aromatic nitrogens is 1. The summed E-state index contributed by atoms with van der Waals surface area (Å²) in [5, 5.41) is 11.3. The zero-order chi connectivity index (χ0) is 20.6. The Morgan fingerprint density at radius 1 is 1.07 bits per heavy atom. The molecule has 0 fully saturated rings. The van der Waals surface area contributed by atoms with Crippen LogP contribution in [0.1, 0.15) is 22.8 Å². The van der Waals surface area contributed by atoms with Gasteiger partial charge >= 0.3 is 0 Å². The summed E-state index contributed by atoms with van der Waals surface area (Å²) in [5.74, 6) is -2.34. The van der Waals surface area contributed by atoms with Gasteiger partial charge in [0.2, 0.25) is 0 Å². The molecule has 4 rings (SSSR count). The molecule has 2 heterocycles. The van der Waals surface area contributed by atoms with Crippen molar-refractivity contribution in [2.75, 3.05) is 0 Å². The monoisotopic (exact) mass is 418 g/mol. The minimum Gasteiger partial charge on any atom is -0.407 e. The number of hydrogen-bond donors (Lipinski definition) is 2. The van der Waals surface area contributed by atoms with E-state index in [9.17, 15) is 18.3 Å². The van der Waals surface area contributed by atoms with E-state index in [4.69, 9.17) is 16.4 Å². The van der Waals surface area contributed by atoms with Crippen LogP contribution in [0.3, 0.4) is 0 Å². The molecule has 0 bridgehead atoms. The molecule has 1 aromatic heterocycles. The molecular weight excluding hydrogens is 405 g/mol. The highest BCUT2D eigenvalue weighted by molar-refractivity contribution is 6.30. The summed E-state index contributed by atoms with van der Waals surface area (Å²) in [5.41, 5.74) is 1.35. The Morgan fingerprint density at radius 3 is 2.59 bits per heavy atom. The molecule has 1 aliphatic rings. The zero-order valence-electron chi connectivity index (χ0n) is 14.7. The summed E-state index contributed by atoms with van der Waals surface area (Å²) in [4.78, 5) is 9.40. The van der Waals surface area contributed by atoms with Gasteiger partial charge in [-0.25, -0.2) is 13.2 Å². The van der Waals surface area contributed by atoms with Crippen LogP contribution < -0.4 is 5.48 Å². The average molecular weight is 419 g/mol. The fraction of sp³-hybridized carbons (Fsp3) is 0.0952. The molecule has 3 aromatic rings. The summed E-state index contributed by atoms with van der Waals surface area (Å²) in [6.07, 6.45) is 2.95. The third kappa shape index (κ3) is 3.48. The van der Waals surface area contributed by atoms with Crippen LogP contribution in [-0.2, 0) is 10.4 Å². The maximum absolute atomic E-state index is 14.8.